The average molecular weight is 255 g/mol. The van der Waals surface area contributed by atoms with Gasteiger partial charge in [0.1, 0.15) is 11.8 Å². The van der Waals surface area contributed by atoms with Gasteiger partial charge in [-0.15, -0.1) is 0 Å². The zero-order valence-electron chi connectivity index (χ0n) is 10.5. The first-order valence-electron chi connectivity index (χ1n) is 5.90. The van der Waals surface area contributed by atoms with Crippen molar-refractivity contribution in [3.63, 3.8) is 0 Å². The fourth-order valence-electron chi connectivity index (χ4n) is 1.66. The molecule has 0 fully saturated rings. The second-order valence-electron chi connectivity index (χ2n) is 4.06. The van der Waals surface area contributed by atoms with Crippen LogP contribution in [0.5, 0.6) is 5.75 Å². The van der Waals surface area contributed by atoms with Crippen LogP contribution in [0.2, 0.25) is 0 Å². The van der Waals surface area contributed by atoms with Crippen LogP contribution in [0.1, 0.15) is 6.92 Å². The molecule has 2 aromatic rings. The maximum atomic E-state index is 11.4. The number of hydrogen-bond acceptors (Lipinski definition) is 4. The van der Waals surface area contributed by atoms with Crippen molar-refractivity contribution in [3.8, 4) is 11.8 Å². The Morgan fingerprint density at radius 2 is 2.00 bits per heavy atom. The summed E-state index contributed by atoms with van der Waals surface area (Å²) in [5.74, 6) is 0.0440. The van der Waals surface area contributed by atoms with Gasteiger partial charge < -0.3 is 9.47 Å². The molecule has 0 bridgehead atoms. The molecule has 0 radical (unpaired) electrons. The van der Waals surface area contributed by atoms with Gasteiger partial charge in [-0.3, -0.25) is 0 Å². The average Bonchev–Trinajstić information content (AvgIpc) is 2.44. The van der Waals surface area contributed by atoms with Crippen molar-refractivity contribution in [1.82, 2.24) is 0 Å². The van der Waals surface area contributed by atoms with E-state index in [1.807, 2.05) is 42.5 Å². The second-order valence-corrected chi connectivity index (χ2v) is 4.06. The first-order valence-corrected chi connectivity index (χ1v) is 5.90. The van der Waals surface area contributed by atoms with Gasteiger partial charge in [-0.1, -0.05) is 30.3 Å². The van der Waals surface area contributed by atoms with Gasteiger partial charge in [0.05, 0.1) is 0 Å². The van der Waals surface area contributed by atoms with Crippen LogP contribution in [-0.2, 0) is 9.53 Å². The summed E-state index contributed by atoms with van der Waals surface area (Å²) in [6, 6.07) is 15.3. The number of carbonyl (C=O) groups excluding carboxylic acids is 1. The molecule has 0 unspecified atom stereocenters. The van der Waals surface area contributed by atoms with Crippen LogP contribution in [-0.4, -0.2) is 18.7 Å². The SMILES string of the molecule is C[C@@H](C#N)OC(=O)COc1ccc2ccccc2c1. The molecule has 2 aromatic carbocycles. The Labute approximate surface area is 111 Å². The molecule has 0 saturated carbocycles. The number of fused-ring (bicyclic) bond motifs is 1. The molecule has 2 rings (SSSR count). The van der Waals surface area contributed by atoms with Crippen molar-refractivity contribution in [1.29, 1.82) is 5.26 Å². The van der Waals surface area contributed by atoms with Gasteiger partial charge in [0.2, 0.25) is 0 Å². The first-order chi connectivity index (χ1) is 9.19. The Morgan fingerprint density at radius 3 is 2.74 bits per heavy atom. The number of nitrogens with zero attached hydrogens (tertiary/aromatic N) is 1. The molecule has 0 aliphatic heterocycles. The van der Waals surface area contributed by atoms with E-state index in [0.29, 0.717) is 5.75 Å². The lowest BCUT2D eigenvalue weighted by Gasteiger charge is -2.08. The van der Waals surface area contributed by atoms with Crippen molar-refractivity contribution in [2.24, 2.45) is 0 Å². The zero-order chi connectivity index (χ0) is 13.7. The molecule has 4 nitrogen and oxygen atoms in total. The Kier molecular flexibility index (Phi) is 3.99. The van der Waals surface area contributed by atoms with E-state index >= 15 is 0 Å². The van der Waals surface area contributed by atoms with E-state index in [9.17, 15) is 4.79 Å². The summed E-state index contributed by atoms with van der Waals surface area (Å²) in [5.41, 5.74) is 0. The summed E-state index contributed by atoms with van der Waals surface area (Å²) in [5, 5.41) is 10.7. The van der Waals surface area contributed by atoms with E-state index < -0.39 is 12.1 Å². The molecule has 19 heavy (non-hydrogen) atoms. The summed E-state index contributed by atoms with van der Waals surface area (Å²) in [6.07, 6.45) is -0.757. The monoisotopic (exact) mass is 255 g/mol. The highest BCUT2D eigenvalue weighted by Gasteiger charge is 2.09. The van der Waals surface area contributed by atoms with Gasteiger partial charge in [-0.05, 0) is 29.8 Å². The lowest BCUT2D eigenvalue weighted by Crippen LogP contribution is -2.19. The summed E-state index contributed by atoms with van der Waals surface area (Å²) >= 11 is 0. The largest absolute Gasteiger partial charge is 0.482 e. The van der Waals surface area contributed by atoms with Gasteiger partial charge in [-0.25, -0.2) is 4.79 Å². The molecule has 0 aliphatic carbocycles. The fraction of sp³-hybridized carbons (Fsp3) is 0.200. The lowest BCUT2D eigenvalue weighted by molar-refractivity contribution is -0.148. The predicted octanol–water partition coefficient (Wildman–Crippen LogP) is 2.67. The number of nitriles is 1. The number of hydrogen-bond donors (Lipinski definition) is 0. The molecule has 0 aromatic heterocycles. The van der Waals surface area contributed by atoms with Crippen molar-refractivity contribution in [3.05, 3.63) is 42.5 Å². The van der Waals surface area contributed by atoms with E-state index in [1.165, 1.54) is 6.92 Å². The first kappa shape index (κ1) is 12.9. The molecule has 4 heteroatoms. The highest BCUT2D eigenvalue weighted by Crippen LogP contribution is 2.20. The van der Waals surface area contributed by atoms with Crippen molar-refractivity contribution in [2.75, 3.05) is 6.61 Å². The maximum absolute atomic E-state index is 11.4. The standard InChI is InChI=1S/C15H13NO3/c1-11(9-16)19-15(17)10-18-14-7-6-12-4-2-3-5-13(12)8-14/h2-8,11H,10H2,1H3/t11-/m0/s1. The molecule has 0 aliphatic rings. The third kappa shape index (κ3) is 3.46. The van der Waals surface area contributed by atoms with E-state index in [2.05, 4.69) is 0 Å². The van der Waals surface area contributed by atoms with E-state index in [0.717, 1.165) is 10.8 Å². The van der Waals surface area contributed by atoms with E-state index in [4.69, 9.17) is 14.7 Å². The van der Waals surface area contributed by atoms with Gasteiger partial charge in [0.25, 0.3) is 0 Å². The fourth-order valence-corrected chi connectivity index (χ4v) is 1.66. The quantitative estimate of drug-likeness (QED) is 0.788. The number of esters is 1. The third-order valence-corrected chi connectivity index (χ3v) is 2.57. The number of rotatable bonds is 4. The molecular weight excluding hydrogens is 242 g/mol. The Bertz CT molecular complexity index is 631. The van der Waals surface area contributed by atoms with Gasteiger partial charge in [-0.2, -0.15) is 5.26 Å². The Balaban J connectivity index is 1.98. The summed E-state index contributed by atoms with van der Waals surface area (Å²) in [4.78, 5) is 11.4. The van der Waals surface area contributed by atoms with Gasteiger partial charge >= 0.3 is 5.97 Å². The Hall–Kier alpha value is -2.54. The molecule has 0 saturated heterocycles. The van der Waals surface area contributed by atoms with Crippen molar-refractivity contribution >= 4 is 16.7 Å². The maximum Gasteiger partial charge on any atom is 0.345 e. The minimum Gasteiger partial charge on any atom is -0.482 e. The smallest absolute Gasteiger partial charge is 0.345 e. The van der Waals surface area contributed by atoms with Crippen molar-refractivity contribution < 1.29 is 14.3 Å². The Morgan fingerprint density at radius 1 is 1.26 bits per heavy atom. The van der Waals surface area contributed by atoms with E-state index in [1.54, 1.807) is 6.07 Å². The van der Waals surface area contributed by atoms with Crippen LogP contribution >= 0.6 is 0 Å². The van der Waals surface area contributed by atoms with Crippen LogP contribution in [0, 0.1) is 11.3 Å². The van der Waals surface area contributed by atoms with Gasteiger partial charge in [0, 0.05) is 0 Å². The number of benzene rings is 2. The topological polar surface area (TPSA) is 59.3 Å². The van der Waals surface area contributed by atoms with E-state index in [-0.39, 0.29) is 6.61 Å². The van der Waals surface area contributed by atoms with Crippen LogP contribution in [0.3, 0.4) is 0 Å². The number of ether oxygens (including phenoxy) is 2. The lowest BCUT2D eigenvalue weighted by atomic mass is 10.1. The molecule has 0 heterocycles. The molecule has 0 N–H and O–H groups in total. The van der Waals surface area contributed by atoms with Crippen LogP contribution < -0.4 is 4.74 Å². The third-order valence-electron chi connectivity index (χ3n) is 2.57. The summed E-state index contributed by atoms with van der Waals surface area (Å²) in [6.45, 7) is 1.30. The predicted molar refractivity (Wildman–Crippen MR) is 70.6 cm³/mol. The zero-order valence-corrected chi connectivity index (χ0v) is 10.5. The molecular formula is C15H13NO3. The highest BCUT2D eigenvalue weighted by molar-refractivity contribution is 5.83. The second kappa shape index (κ2) is 5.87. The minimum atomic E-state index is -0.757. The molecule has 0 amide bonds. The summed E-state index contributed by atoms with van der Waals surface area (Å²) in [7, 11) is 0. The number of carbonyl (C=O) groups is 1. The van der Waals surface area contributed by atoms with Crippen molar-refractivity contribution in [2.45, 2.75) is 13.0 Å². The summed E-state index contributed by atoms with van der Waals surface area (Å²) < 4.78 is 10.1. The van der Waals surface area contributed by atoms with Crippen LogP contribution in [0.4, 0.5) is 0 Å². The van der Waals surface area contributed by atoms with Crippen LogP contribution in [0.15, 0.2) is 42.5 Å². The van der Waals surface area contributed by atoms with Gasteiger partial charge in [0.15, 0.2) is 12.7 Å². The minimum absolute atomic E-state index is 0.204. The normalized spacial score (nSPS) is 11.6. The molecule has 0 spiro atoms. The van der Waals surface area contributed by atoms with Crippen LogP contribution in [0.25, 0.3) is 10.8 Å². The highest BCUT2D eigenvalue weighted by atomic mass is 16.6. The molecule has 96 valence electrons. The molecule has 1 atom stereocenters.